The quantitative estimate of drug-likeness (QED) is 0.805. The molecule has 2 rings (SSSR count). The number of hydrogen-bond acceptors (Lipinski definition) is 4. The highest BCUT2D eigenvalue weighted by Crippen LogP contribution is 2.11. The Morgan fingerprint density at radius 3 is 2.54 bits per heavy atom. The van der Waals surface area contributed by atoms with Crippen molar-refractivity contribution < 1.29 is 14.7 Å². The first-order valence-electron chi connectivity index (χ1n) is 7.77. The fraction of sp³-hybridized carbons (Fsp3) is 0.333. The number of amides is 2. The molecule has 2 unspecified atom stereocenters. The molecule has 2 amide bonds. The lowest BCUT2D eigenvalue weighted by Crippen LogP contribution is -2.46. The third kappa shape index (κ3) is 5.18. The summed E-state index contributed by atoms with van der Waals surface area (Å²) in [5.74, 6) is -0.473. The maximum absolute atomic E-state index is 12.1. The first kappa shape index (κ1) is 18.2. The van der Waals surface area contributed by atoms with Gasteiger partial charge >= 0.3 is 0 Å². The average molecular weight is 346 g/mol. The molecule has 2 atom stereocenters. The van der Waals surface area contributed by atoms with E-state index in [2.05, 4.69) is 5.32 Å². The molecule has 6 heteroatoms. The normalized spacial score (nSPS) is 13.1. The van der Waals surface area contributed by atoms with Crippen molar-refractivity contribution in [1.82, 2.24) is 10.2 Å². The Balaban J connectivity index is 1.81. The molecule has 0 saturated carbocycles. The summed E-state index contributed by atoms with van der Waals surface area (Å²) in [6, 6.07) is 12.7. The Morgan fingerprint density at radius 2 is 1.92 bits per heavy atom. The Labute approximate surface area is 145 Å². The number of thiophene rings is 1. The third-order valence-electron chi connectivity index (χ3n) is 3.71. The number of carbonyl (C=O) groups is 2. The summed E-state index contributed by atoms with van der Waals surface area (Å²) in [6.07, 6.45) is -0.221. The zero-order valence-corrected chi connectivity index (χ0v) is 14.6. The molecular weight excluding hydrogens is 324 g/mol. The van der Waals surface area contributed by atoms with Crippen LogP contribution >= 0.6 is 11.3 Å². The lowest BCUT2D eigenvalue weighted by Gasteiger charge is -2.22. The maximum atomic E-state index is 12.1. The van der Waals surface area contributed by atoms with Gasteiger partial charge in [-0.1, -0.05) is 36.4 Å². The van der Waals surface area contributed by atoms with Gasteiger partial charge in [-0.2, -0.15) is 0 Å². The fourth-order valence-corrected chi connectivity index (χ4v) is 3.02. The second-order valence-corrected chi connectivity index (χ2v) is 6.70. The predicted octanol–water partition coefficient (Wildman–Crippen LogP) is 1.93. The van der Waals surface area contributed by atoms with Crippen molar-refractivity contribution in [1.29, 1.82) is 0 Å². The van der Waals surface area contributed by atoms with Gasteiger partial charge in [-0.25, -0.2) is 0 Å². The van der Waals surface area contributed by atoms with E-state index < -0.39 is 12.1 Å². The van der Waals surface area contributed by atoms with Gasteiger partial charge in [0.25, 0.3) is 5.91 Å². The van der Waals surface area contributed by atoms with Crippen LogP contribution in [0, 0.1) is 0 Å². The summed E-state index contributed by atoms with van der Waals surface area (Å²) in [7, 11) is 1.59. The minimum Gasteiger partial charge on any atom is -0.391 e. The van der Waals surface area contributed by atoms with E-state index in [4.69, 9.17) is 0 Å². The van der Waals surface area contributed by atoms with Gasteiger partial charge in [-0.05, 0) is 23.9 Å². The number of benzene rings is 1. The molecule has 1 heterocycles. The SMILES string of the molecule is CC(NC(=O)CN(C)C(=O)c1cccs1)C(O)Cc1ccccc1. The molecule has 128 valence electrons. The summed E-state index contributed by atoms with van der Waals surface area (Å²) in [5.41, 5.74) is 1.01. The van der Waals surface area contributed by atoms with Crippen molar-refractivity contribution in [2.45, 2.75) is 25.5 Å². The number of aliphatic hydroxyl groups excluding tert-OH is 1. The molecule has 2 N–H and O–H groups in total. The van der Waals surface area contributed by atoms with Crippen LogP contribution in [0.4, 0.5) is 0 Å². The predicted molar refractivity (Wildman–Crippen MR) is 95.0 cm³/mol. The van der Waals surface area contributed by atoms with Crippen molar-refractivity contribution in [3.8, 4) is 0 Å². The monoisotopic (exact) mass is 346 g/mol. The maximum Gasteiger partial charge on any atom is 0.264 e. The van der Waals surface area contributed by atoms with Crippen LogP contribution in [0.2, 0.25) is 0 Å². The number of rotatable bonds is 7. The highest BCUT2D eigenvalue weighted by Gasteiger charge is 2.20. The van der Waals surface area contributed by atoms with Gasteiger partial charge in [0.1, 0.15) is 0 Å². The molecule has 2 aromatic rings. The average Bonchev–Trinajstić information content (AvgIpc) is 3.09. The Kier molecular flexibility index (Phi) is 6.52. The standard InChI is InChI=1S/C18H22N2O3S/c1-13(15(21)11-14-7-4-3-5-8-14)19-17(22)12-20(2)18(23)16-9-6-10-24-16/h3-10,13,15,21H,11-12H2,1-2H3,(H,19,22). The van der Waals surface area contributed by atoms with Crippen LogP contribution in [0.5, 0.6) is 0 Å². The highest BCUT2D eigenvalue weighted by atomic mass is 32.1. The molecule has 0 bridgehead atoms. The molecule has 0 aliphatic carbocycles. The Morgan fingerprint density at radius 1 is 1.21 bits per heavy atom. The Bertz CT molecular complexity index is 658. The van der Waals surface area contributed by atoms with Gasteiger partial charge in [0.15, 0.2) is 0 Å². The van der Waals surface area contributed by atoms with Crippen LogP contribution in [0.25, 0.3) is 0 Å². The van der Waals surface area contributed by atoms with E-state index in [0.29, 0.717) is 11.3 Å². The van der Waals surface area contributed by atoms with Crippen molar-refractivity contribution >= 4 is 23.2 Å². The van der Waals surface area contributed by atoms with E-state index in [1.807, 2.05) is 35.7 Å². The fourth-order valence-electron chi connectivity index (χ4n) is 2.30. The second kappa shape index (κ2) is 8.61. The van der Waals surface area contributed by atoms with Crippen LogP contribution in [0.15, 0.2) is 47.8 Å². The van der Waals surface area contributed by atoms with Gasteiger partial charge in [0.05, 0.1) is 23.6 Å². The summed E-state index contributed by atoms with van der Waals surface area (Å²) < 4.78 is 0. The van der Waals surface area contributed by atoms with Crippen molar-refractivity contribution in [2.24, 2.45) is 0 Å². The first-order valence-corrected chi connectivity index (χ1v) is 8.65. The van der Waals surface area contributed by atoms with Gasteiger partial charge in [0, 0.05) is 13.5 Å². The van der Waals surface area contributed by atoms with E-state index >= 15 is 0 Å². The molecule has 0 aliphatic rings. The molecule has 0 saturated heterocycles. The molecule has 0 spiro atoms. The van der Waals surface area contributed by atoms with E-state index in [1.54, 1.807) is 26.1 Å². The summed E-state index contributed by atoms with van der Waals surface area (Å²) in [4.78, 5) is 26.2. The van der Waals surface area contributed by atoms with Gasteiger partial charge < -0.3 is 15.3 Å². The lowest BCUT2D eigenvalue weighted by molar-refractivity contribution is -0.122. The van der Waals surface area contributed by atoms with Gasteiger partial charge in [-0.3, -0.25) is 9.59 Å². The topological polar surface area (TPSA) is 69.6 Å². The van der Waals surface area contributed by atoms with Crippen molar-refractivity contribution in [3.63, 3.8) is 0 Å². The molecule has 1 aromatic heterocycles. The van der Waals surface area contributed by atoms with Crippen molar-refractivity contribution in [3.05, 3.63) is 58.3 Å². The molecule has 0 aliphatic heterocycles. The lowest BCUT2D eigenvalue weighted by atomic mass is 10.0. The minimum absolute atomic E-state index is 0.0425. The minimum atomic E-state index is -0.686. The van der Waals surface area contributed by atoms with Crippen LogP contribution < -0.4 is 5.32 Å². The zero-order chi connectivity index (χ0) is 17.5. The van der Waals surface area contributed by atoms with Crippen LogP contribution in [0.3, 0.4) is 0 Å². The summed E-state index contributed by atoms with van der Waals surface area (Å²) >= 11 is 1.34. The summed E-state index contributed by atoms with van der Waals surface area (Å²) in [6.45, 7) is 1.71. The molecule has 0 fully saturated rings. The first-order chi connectivity index (χ1) is 11.5. The number of nitrogens with zero attached hydrogens (tertiary/aromatic N) is 1. The number of hydrogen-bond donors (Lipinski definition) is 2. The molecular formula is C18H22N2O3S. The van der Waals surface area contributed by atoms with E-state index in [0.717, 1.165) is 5.56 Å². The number of aliphatic hydroxyl groups is 1. The zero-order valence-electron chi connectivity index (χ0n) is 13.8. The third-order valence-corrected chi connectivity index (χ3v) is 4.57. The number of likely N-dealkylation sites (N-methyl/N-ethyl adjacent to an activating group) is 1. The highest BCUT2D eigenvalue weighted by molar-refractivity contribution is 7.12. The van der Waals surface area contributed by atoms with Crippen molar-refractivity contribution in [2.75, 3.05) is 13.6 Å². The largest absolute Gasteiger partial charge is 0.391 e. The van der Waals surface area contributed by atoms with E-state index in [9.17, 15) is 14.7 Å². The van der Waals surface area contributed by atoms with E-state index in [-0.39, 0.29) is 18.4 Å². The molecule has 1 aromatic carbocycles. The number of carbonyl (C=O) groups excluding carboxylic acids is 2. The smallest absolute Gasteiger partial charge is 0.264 e. The van der Waals surface area contributed by atoms with Gasteiger partial charge in [-0.15, -0.1) is 11.3 Å². The van der Waals surface area contributed by atoms with Crippen LogP contribution in [-0.4, -0.2) is 47.6 Å². The Hall–Kier alpha value is -2.18. The molecule has 5 nitrogen and oxygen atoms in total. The van der Waals surface area contributed by atoms with E-state index in [1.165, 1.54) is 16.2 Å². The summed E-state index contributed by atoms with van der Waals surface area (Å²) in [5, 5.41) is 14.8. The van der Waals surface area contributed by atoms with Gasteiger partial charge in [0.2, 0.25) is 5.91 Å². The molecule has 24 heavy (non-hydrogen) atoms. The molecule has 0 radical (unpaired) electrons. The number of nitrogens with one attached hydrogen (secondary N) is 1. The van der Waals surface area contributed by atoms with Crippen LogP contribution in [0.1, 0.15) is 22.2 Å². The second-order valence-electron chi connectivity index (χ2n) is 5.75. The van der Waals surface area contributed by atoms with Crippen LogP contribution in [-0.2, 0) is 11.2 Å².